The largest absolute Gasteiger partial charge is 0.379 e. The molecular formula is C24H24N4O4S. The Labute approximate surface area is 191 Å². The lowest BCUT2D eigenvalue weighted by molar-refractivity contribution is 0.0730. The molecule has 1 saturated heterocycles. The molecule has 0 unspecified atom stereocenters. The van der Waals surface area contributed by atoms with Gasteiger partial charge in [-0.2, -0.15) is 4.31 Å². The topological polar surface area (TPSA) is 97.3 Å². The number of benzene rings is 2. The van der Waals surface area contributed by atoms with Gasteiger partial charge in [-0.25, -0.2) is 13.4 Å². The van der Waals surface area contributed by atoms with Crippen molar-refractivity contribution in [2.45, 2.75) is 18.7 Å². The summed E-state index contributed by atoms with van der Waals surface area (Å²) >= 11 is 0. The zero-order valence-corrected chi connectivity index (χ0v) is 19.2. The number of aromatic amines is 1. The minimum absolute atomic E-state index is 0.195. The van der Waals surface area contributed by atoms with Crippen LogP contribution in [0.5, 0.6) is 0 Å². The van der Waals surface area contributed by atoms with Gasteiger partial charge in [0.15, 0.2) is 0 Å². The summed E-state index contributed by atoms with van der Waals surface area (Å²) in [5.74, 6) is 0.482. The van der Waals surface area contributed by atoms with Crippen LogP contribution in [0.1, 0.15) is 11.4 Å². The maximum absolute atomic E-state index is 13.1. The van der Waals surface area contributed by atoms with Crippen LogP contribution in [-0.4, -0.2) is 53.6 Å². The van der Waals surface area contributed by atoms with Gasteiger partial charge < -0.3 is 14.3 Å². The van der Waals surface area contributed by atoms with E-state index in [2.05, 4.69) is 9.97 Å². The van der Waals surface area contributed by atoms with Crippen molar-refractivity contribution in [3.63, 3.8) is 0 Å². The molecule has 8 nitrogen and oxygen atoms in total. The van der Waals surface area contributed by atoms with E-state index in [0.717, 1.165) is 22.6 Å². The number of fused-ring (bicyclic) bond motifs is 1. The van der Waals surface area contributed by atoms with Crippen LogP contribution in [-0.2, 0) is 14.8 Å². The molecule has 1 aliphatic rings. The monoisotopic (exact) mass is 464 g/mol. The highest BCUT2D eigenvalue weighted by Gasteiger charge is 2.27. The summed E-state index contributed by atoms with van der Waals surface area (Å²) < 4.78 is 35.0. The van der Waals surface area contributed by atoms with Crippen molar-refractivity contribution in [2.24, 2.45) is 0 Å². The van der Waals surface area contributed by atoms with Crippen LogP contribution in [0.3, 0.4) is 0 Å². The molecule has 0 atom stereocenters. The maximum atomic E-state index is 13.1. The third kappa shape index (κ3) is 3.78. The van der Waals surface area contributed by atoms with E-state index in [4.69, 9.17) is 4.74 Å². The molecule has 0 radical (unpaired) electrons. The summed E-state index contributed by atoms with van der Waals surface area (Å²) in [6.07, 6.45) is 0. The number of nitrogens with zero attached hydrogens (tertiary/aromatic N) is 3. The Morgan fingerprint density at radius 3 is 2.55 bits per heavy atom. The van der Waals surface area contributed by atoms with Crippen molar-refractivity contribution in [1.29, 1.82) is 0 Å². The zero-order valence-electron chi connectivity index (χ0n) is 18.4. The lowest BCUT2D eigenvalue weighted by Gasteiger charge is -2.26. The molecule has 0 amide bonds. The molecule has 3 heterocycles. The Bertz CT molecular complexity index is 1520. The molecule has 1 N–H and O–H groups in total. The van der Waals surface area contributed by atoms with Crippen LogP contribution in [0.15, 0.2) is 64.3 Å². The van der Waals surface area contributed by atoms with Gasteiger partial charge in [-0.05, 0) is 50.2 Å². The molecule has 33 heavy (non-hydrogen) atoms. The fourth-order valence-corrected chi connectivity index (χ4v) is 5.78. The molecule has 2 aromatic heterocycles. The van der Waals surface area contributed by atoms with Gasteiger partial charge in [0.1, 0.15) is 5.82 Å². The van der Waals surface area contributed by atoms with Crippen LogP contribution in [0.25, 0.3) is 28.0 Å². The summed E-state index contributed by atoms with van der Waals surface area (Å²) in [6.45, 7) is 5.36. The molecule has 0 aliphatic carbocycles. The van der Waals surface area contributed by atoms with Gasteiger partial charge in [-0.1, -0.05) is 18.2 Å². The maximum Gasteiger partial charge on any atom is 0.259 e. The SMILES string of the molecule is Cc1cc(-c2nc3ccccc3c(=O)[nH]2)c(C)n1-c1cccc(S(=O)(=O)N2CCOCC2)c1. The Balaban J connectivity index is 1.59. The van der Waals surface area contributed by atoms with Gasteiger partial charge in [-0.15, -0.1) is 0 Å². The fraction of sp³-hybridized carbons (Fsp3) is 0.250. The Hall–Kier alpha value is -3.27. The van der Waals surface area contributed by atoms with E-state index in [1.807, 2.05) is 48.7 Å². The Kier molecular flexibility index (Phi) is 5.40. The standard InChI is InChI=1S/C24H24N4O4S/c1-16-14-21(23-25-22-9-4-3-8-20(22)24(29)26-23)17(2)28(16)18-6-5-7-19(15-18)33(30,31)27-10-12-32-13-11-27/h3-9,14-15H,10-13H2,1-2H3,(H,25,26,29). The van der Waals surface area contributed by atoms with Crippen LogP contribution < -0.4 is 5.56 Å². The number of aromatic nitrogens is 3. The van der Waals surface area contributed by atoms with Crippen LogP contribution in [0.2, 0.25) is 0 Å². The van der Waals surface area contributed by atoms with Crippen LogP contribution >= 0.6 is 0 Å². The smallest absolute Gasteiger partial charge is 0.259 e. The van der Waals surface area contributed by atoms with E-state index in [1.165, 1.54) is 4.31 Å². The van der Waals surface area contributed by atoms with Gasteiger partial charge in [-0.3, -0.25) is 4.79 Å². The first-order chi connectivity index (χ1) is 15.9. The average molecular weight is 465 g/mol. The first-order valence-electron chi connectivity index (χ1n) is 10.7. The molecule has 1 fully saturated rings. The third-order valence-electron chi connectivity index (χ3n) is 5.98. The van der Waals surface area contributed by atoms with Gasteiger partial charge in [0.2, 0.25) is 10.0 Å². The zero-order chi connectivity index (χ0) is 23.2. The summed E-state index contributed by atoms with van der Waals surface area (Å²) in [4.78, 5) is 20.3. The molecule has 9 heteroatoms. The first kappa shape index (κ1) is 21.6. The highest BCUT2D eigenvalue weighted by atomic mass is 32.2. The number of hydrogen-bond acceptors (Lipinski definition) is 5. The van der Waals surface area contributed by atoms with E-state index in [0.29, 0.717) is 43.0 Å². The number of para-hydroxylation sites is 1. The van der Waals surface area contributed by atoms with Gasteiger partial charge in [0.25, 0.3) is 5.56 Å². The highest BCUT2D eigenvalue weighted by Crippen LogP contribution is 2.29. The summed E-state index contributed by atoms with van der Waals surface area (Å²) in [5, 5.41) is 0.538. The van der Waals surface area contributed by atoms with E-state index >= 15 is 0 Å². The first-order valence-corrected chi connectivity index (χ1v) is 12.2. The summed E-state index contributed by atoms with van der Waals surface area (Å²) in [7, 11) is -3.61. The molecular weight excluding hydrogens is 440 g/mol. The second kappa shape index (κ2) is 8.26. The molecule has 0 spiro atoms. The van der Waals surface area contributed by atoms with Crippen molar-refractivity contribution < 1.29 is 13.2 Å². The number of rotatable bonds is 4. The van der Waals surface area contributed by atoms with Gasteiger partial charge >= 0.3 is 0 Å². The van der Waals surface area contributed by atoms with Crippen LogP contribution in [0.4, 0.5) is 0 Å². The quantitative estimate of drug-likeness (QED) is 0.501. The van der Waals surface area contributed by atoms with Crippen LogP contribution in [0, 0.1) is 13.8 Å². The molecule has 0 saturated carbocycles. The normalized spacial score (nSPS) is 15.2. The lowest BCUT2D eigenvalue weighted by atomic mass is 10.2. The molecule has 4 aromatic rings. The van der Waals surface area contributed by atoms with E-state index in [1.54, 1.807) is 24.3 Å². The van der Waals surface area contributed by atoms with Crippen molar-refractivity contribution in [3.05, 3.63) is 76.3 Å². The lowest BCUT2D eigenvalue weighted by Crippen LogP contribution is -2.40. The molecule has 1 aliphatic heterocycles. The number of ether oxygens (including phenoxy) is 1. The van der Waals surface area contributed by atoms with Gasteiger partial charge in [0.05, 0.1) is 29.0 Å². The predicted molar refractivity (Wildman–Crippen MR) is 126 cm³/mol. The number of aryl methyl sites for hydroxylation is 1. The molecule has 170 valence electrons. The Morgan fingerprint density at radius 2 is 1.76 bits per heavy atom. The number of sulfonamides is 1. The molecule has 2 aromatic carbocycles. The highest BCUT2D eigenvalue weighted by molar-refractivity contribution is 7.89. The van der Waals surface area contributed by atoms with Crippen molar-refractivity contribution in [3.8, 4) is 17.1 Å². The Morgan fingerprint density at radius 1 is 1.00 bits per heavy atom. The molecule has 5 rings (SSSR count). The second-order valence-electron chi connectivity index (χ2n) is 8.07. The average Bonchev–Trinajstić information content (AvgIpc) is 3.13. The van der Waals surface area contributed by atoms with E-state index < -0.39 is 10.0 Å². The minimum Gasteiger partial charge on any atom is -0.379 e. The van der Waals surface area contributed by atoms with E-state index in [9.17, 15) is 13.2 Å². The second-order valence-corrected chi connectivity index (χ2v) is 10.0. The van der Waals surface area contributed by atoms with Gasteiger partial charge in [0, 0.05) is 35.7 Å². The minimum atomic E-state index is -3.61. The third-order valence-corrected chi connectivity index (χ3v) is 7.88. The molecule has 0 bridgehead atoms. The van der Waals surface area contributed by atoms with E-state index in [-0.39, 0.29) is 10.5 Å². The van der Waals surface area contributed by atoms with Crippen molar-refractivity contribution in [2.75, 3.05) is 26.3 Å². The van der Waals surface area contributed by atoms with Crippen molar-refractivity contribution >= 4 is 20.9 Å². The summed E-state index contributed by atoms with van der Waals surface area (Å²) in [6, 6.07) is 16.1. The summed E-state index contributed by atoms with van der Waals surface area (Å²) in [5.41, 5.74) is 3.70. The predicted octanol–water partition coefficient (Wildman–Crippen LogP) is 3.02. The fourth-order valence-electron chi connectivity index (χ4n) is 4.33. The number of morpholine rings is 1. The van der Waals surface area contributed by atoms with Crippen molar-refractivity contribution in [1.82, 2.24) is 18.8 Å². The number of nitrogens with one attached hydrogen (secondary N) is 1. The number of H-pyrrole nitrogens is 1. The number of hydrogen-bond donors (Lipinski definition) is 1.